The minimum absolute atomic E-state index is 0.152. The van der Waals surface area contributed by atoms with E-state index < -0.39 is 29.0 Å². The number of halogens is 3. The van der Waals surface area contributed by atoms with Crippen LogP contribution in [-0.2, 0) is 6.18 Å². The third-order valence-corrected chi connectivity index (χ3v) is 2.67. The maximum Gasteiger partial charge on any atom is 0.418 e. The molecule has 0 spiro atoms. The highest BCUT2D eigenvalue weighted by Gasteiger charge is 2.35. The van der Waals surface area contributed by atoms with E-state index >= 15 is 0 Å². The monoisotopic (exact) mass is 324 g/mol. The summed E-state index contributed by atoms with van der Waals surface area (Å²) in [6, 6.07) is 4.38. The molecular weight excluding hydrogens is 317 g/mol. The molecule has 11 heteroatoms. The quantitative estimate of drug-likeness (QED) is 0.733. The largest absolute Gasteiger partial charge is 0.478 e. The molecule has 1 heterocycles. The summed E-state index contributed by atoms with van der Waals surface area (Å²) in [5, 5.41) is 32.5. The number of hydrogen-bond acceptors (Lipinski definition) is 6. The number of carbonyl (C=O) groups is 1. The van der Waals surface area contributed by atoms with Crippen molar-refractivity contribution in [3.05, 3.63) is 41.4 Å². The summed E-state index contributed by atoms with van der Waals surface area (Å²) < 4.78 is 39.0. The Balaban J connectivity index is 2.50. The van der Waals surface area contributed by atoms with Gasteiger partial charge in [-0.05, 0) is 17.3 Å². The van der Waals surface area contributed by atoms with Crippen LogP contribution >= 0.6 is 0 Å². The van der Waals surface area contributed by atoms with E-state index in [4.69, 9.17) is 10.4 Å². The SMILES string of the molecule is N#CC(=CNc1c(C(=O)O)cccc1C(F)(F)F)c1nn[nH]n1. The van der Waals surface area contributed by atoms with Gasteiger partial charge in [0.05, 0.1) is 16.8 Å². The van der Waals surface area contributed by atoms with Crippen molar-refractivity contribution in [1.82, 2.24) is 20.6 Å². The van der Waals surface area contributed by atoms with E-state index in [0.717, 1.165) is 24.4 Å². The molecule has 0 bridgehead atoms. The van der Waals surface area contributed by atoms with Crippen molar-refractivity contribution in [2.24, 2.45) is 0 Å². The minimum atomic E-state index is -4.78. The van der Waals surface area contributed by atoms with Crippen molar-refractivity contribution in [2.45, 2.75) is 6.18 Å². The predicted molar refractivity (Wildman–Crippen MR) is 69.8 cm³/mol. The van der Waals surface area contributed by atoms with Gasteiger partial charge in [0.1, 0.15) is 11.6 Å². The van der Waals surface area contributed by atoms with E-state index in [1.54, 1.807) is 6.07 Å². The van der Waals surface area contributed by atoms with Gasteiger partial charge in [0.25, 0.3) is 0 Å². The van der Waals surface area contributed by atoms with Gasteiger partial charge in [-0.2, -0.15) is 23.6 Å². The second-order valence-corrected chi connectivity index (χ2v) is 4.08. The number of aromatic nitrogens is 4. The maximum atomic E-state index is 13.0. The number of para-hydroxylation sites is 1. The number of nitrogens with one attached hydrogen (secondary N) is 2. The third kappa shape index (κ3) is 3.43. The van der Waals surface area contributed by atoms with Crippen LogP contribution in [0.15, 0.2) is 24.4 Å². The number of nitrogens with zero attached hydrogens (tertiary/aromatic N) is 4. The lowest BCUT2D eigenvalue weighted by molar-refractivity contribution is -0.136. The van der Waals surface area contributed by atoms with Gasteiger partial charge in [-0.1, -0.05) is 6.07 Å². The second kappa shape index (κ2) is 6.14. The fraction of sp³-hybridized carbons (Fsp3) is 0.0833. The first-order chi connectivity index (χ1) is 10.8. The predicted octanol–water partition coefficient (Wildman–Crippen LogP) is 1.89. The summed E-state index contributed by atoms with van der Waals surface area (Å²) in [6.45, 7) is 0. The van der Waals surface area contributed by atoms with Crippen molar-refractivity contribution in [1.29, 1.82) is 5.26 Å². The molecule has 2 aromatic rings. The molecule has 0 fully saturated rings. The Labute approximate surface area is 126 Å². The lowest BCUT2D eigenvalue weighted by Crippen LogP contribution is -2.13. The zero-order chi connectivity index (χ0) is 17.0. The molecule has 3 N–H and O–H groups in total. The van der Waals surface area contributed by atoms with Crippen LogP contribution < -0.4 is 5.32 Å². The van der Waals surface area contributed by atoms with Crippen LogP contribution in [0.2, 0.25) is 0 Å². The summed E-state index contributed by atoms with van der Waals surface area (Å²) in [6.07, 6.45) is -3.90. The fourth-order valence-electron chi connectivity index (χ4n) is 1.69. The Morgan fingerprint density at radius 3 is 2.70 bits per heavy atom. The minimum Gasteiger partial charge on any atom is -0.478 e. The van der Waals surface area contributed by atoms with E-state index in [1.165, 1.54) is 0 Å². The molecule has 118 valence electrons. The van der Waals surface area contributed by atoms with Crippen LogP contribution in [0.3, 0.4) is 0 Å². The summed E-state index contributed by atoms with van der Waals surface area (Å²) in [5.74, 6) is -1.70. The average Bonchev–Trinajstić information content (AvgIpc) is 3.00. The third-order valence-electron chi connectivity index (χ3n) is 2.67. The first kappa shape index (κ1) is 16.0. The van der Waals surface area contributed by atoms with Crippen LogP contribution in [0.5, 0.6) is 0 Å². The van der Waals surface area contributed by atoms with Gasteiger partial charge in [0.15, 0.2) is 0 Å². The highest BCUT2D eigenvalue weighted by atomic mass is 19.4. The highest BCUT2D eigenvalue weighted by Crippen LogP contribution is 2.36. The number of hydrogen-bond donors (Lipinski definition) is 3. The molecule has 0 aliphatic heterocycles. The van der Waals surface area contributed by atoms with Gasteiger partial charge in [0, 0.05) is 6.20 Å². The number of alkyl halides is 3. The molecule has 0 aliphatic carbocycles. The van der Waals surface area contributed by atoms with Gasteiger partial charge < -0.3 is 10.4 Å². The van der Waals surface area contributed by atoms with Crippen molar-refractivity contribution < 1.29 is 23.1 Å². The number of aromatic amines is 1. The van der Waals surface area contributed by atoms with Crippen LogP contribution in [-0.4, -0.2) is 31.7 Å². The number of allylic oxidation sites excluding steroid dienone is 1. The number of aromatic carboxylic acids is 1. The molecule has 0 atom stereocenters. The second-order valence-electron chi connectivity index (χ2n) is 4.08. The number of rotatable bonds is 4. The number of H-pyrrole nitrogens is 1. The summed E-state index contributed by atoms with van der Waals surface area (Å²) in [5.41, 5.74) is -2.70. The van der Waals surface area contributed by atoms with Crippen LogP contribution in [0.25, 0.3) is 5.57 Å². The molecule has 0 radical (unpaired) electrons. The molecule has 0 aliphatic rings. The Morgan fingerprint density at radius 1 is 1.43 bits per heavy atom. The molecule has 8 nitrogen and oxygen atoms in total. The normalized spacial score (nSPS) is 11.8. The molecule has 0 saturated heterocycles. The van der Waals surface area contributed by atoms with Crippen LogP contribution in [0.1, 0.15) is 21.7 Å². The Kier molecular flexibility index (Phi) is 4.26. The number of carboxylic acids is 1. The number of benzene rings is 1. The summed E-state index contributed by atoms with van der Waals surface area (Å²) in [4.78, 5) is 11.1. The lowest BCUT2D eigenvalue weighted by Gasteiger charge is -2.14. The van der Waals surface area contributed by atoms with Crippen molar-refractivity contribution in [3.63, 3.8) is 0 Å². The Hall–Kier alpha value is -3.42. The standard InChI is InChI=1S/C12H7F3N6O2/c13-12(14,15)8-3-1-2-7(11(22)23)9(8)17-5-6(4-16)10-18-20-21-19-10/h1-3,5,17H,(H,22,23)(H,18,19,20,21). The molecule has 23 heavy (non-hydrogen) atoms. The topological polar surface area (TPSA) is 128 Å². The first-order valence-electron chi connectivity index (χ1n) is 5.88. The zero-order valence-electron chi connectivity index (χ0n) is 11.1. The fourth-order valence-corrected chi connectivity index (χ4v) is 1.69. The summed E-state index contributed by atoms with van der Waals surface area (Å²) >= 11 is 0. The van der Waals surface area contributed by atoms with E-state index in [9.17, 15) is 18.0 Å². The van der Waals surface area contributed by atoms with Crippen molar-refractivity contribution in [3.8, 4) is 6.07 Å². The van der Waals surface area contributed by atoms with Gasteiger partial charge in [0.2, 0.25) is 5.82 Å². The average molecular weight is 324 g/mol. The lowest BCUT2D eigenvalue weighted by atomic mass is 10.1. The van der Waals surface area contributed by atoms with Crippen LogP contribution in [0, 0.1) is 11.3 Å². The molecule has 1 aromatic carbocycles. The molecular formula is C12H7F3N6O2. The zero-order valence-corrected chi connectivity index (χ0v) is 11.1. The molecule has 0 saturated carbocycles. The van der Waals surface area contributed by atoms with Crippen LogP contribution in [0.4, 0.5) is 18.9 Å². The molecule has 0 unspecified atom stereocenters. The van der Waals surface area contributed by atoms with Gasteiger partial charge in [-0.15, -0.1) is 10.2 Å². The van der Waals surface area contributed by atoms with E-state index in [2.05, 4.69) is 25.9 Å². The number of tetrazole rings is 1. The van der Waals surface area contributed by atoms with Crippen molar-refractivity contribution >= 4 is 17.2 Å². The summed E-state index contributed by atoms with van der Waals surface area (Å²) in [7, 11) is 0. The van der Waals surface area contributed by atoms with E-state index in [-0.39, 0.29) is 11.4 Å². The van der Waals surface area contributed by atoms with Gasteiger partial charge in [-0.3, -0.25) is 0 Å². The molecule has 0 amide bonds. The smallest absolute Gasteiger partial charge is 0.418 e. The van der Waals surface area contributed by atoms with Crippen molar-refractivity contribution in [2.75, 3.05) is 5.32 Å². The molecule has 1 aromatic heterocycles. The van der Waals surface area contributed by atoms with E-state index in [1.807, 2.05) is 0 Å². The first-order valence-corrected chi connectivity index (χ1v) is 5.88. The Bertz CT molecular complexity index is 792. The van der Waals surface area contributed by atoms with Gasteiger partial charge in [-0.25, -0.2) is 4.79 Å². The number of anilines is 1. The number of carboxylic acid groups (broad SMARTS) is 1. The van der Waals surface area contributed by atoms with E-state index in [0.29, 0.717) is 0 Å². The maximum absolute atomic E-state index is 13.0. The van der Waals surface area contributed by atoms with Gasteiger partial charge >= 0.3 is 12.1 Å². The Morgan fingerprint density at radius 2 is 2.17 bits per heavy atom. The number of nitriles is 1. The molecule has 2 rings (SSSR count). The highest BCUT2D eigenvalue weighted by molar-refractivity contribution is 5.95.